The topological polar surface area (TPSA) is 55.1 Å². The van der Waals surface area contributed by atoms with Gasteiger partial charge >= 0.3 is 6.18 Å². The van der Waals surface area contributed by atoms with E-state index in [0.29, 0.717) is 5.56 Å². The van der Waals surface area contributed by atoms with Crippen molar-refractivity contribution in [3.63, 3.8) is 0 Å². The van der Waals surface area contributed by atoms with E-state index in [4.69, 9.17) is 0 Å². The number of hydrogen-bond donors (Lipinski definition) is 1. The van der Waals surface area contributed by atoms with Crippen LogP contribution >= 0.6 is 0 Å². The summed E-state index contributed by atoms with van der Waals surface area (Å²) in [6, 6.07) is 6.14. The van der Waals surface area contributed by atoms with E-state index in [1.165, 1.54) is 0 Å². The molecule has 1 fully saturated rings. The summed E-state index contributed by atoms with van der Waals surface area (Å²) in [6.45, 7) is 3.49. The van der Waals surface area contributed by atoms with Gasteiger partial charge in [0, 0.05) is 5.92 Å². The number of nitrogens with zero attached hydrogens (tertiary/aromatic N) is 2. The van der Waals surface area contributed by atoms with Crippen molar-refractivity contribution in [1.82, 2.24) is 9.78 Å². The van der Waals surface area contributed by atoms with Crippen LogP contribution in [-0.2, 0) is 12.7 Å². The summed E-state index contributed by atoms with van der Waals surface area (Å²) in [5, 5.41) is 14.4. The maximum Gasteiger partial charge on any atom is 0.421 e. The predicted molar refractivity (Wildman–Crippen MR) is 86.3 cm³/mol. The van der Waals surface area contributed by atoms with E-state index in [9.17, 15) is 23.1 Å². The van der Waals surface area contributed by atoms with Crippen LogP contribution < -0.4 is 5.56 Å². The largest absolute Gasteiger partial charge is 0.421 e. The van der Waals surface area contributed by atoms with Crippen molar-refractivity contribution in [2.24, 2.45) is 0 Å². The predicted octanol–water partition coefficient (Wildman–Crippen LogP) is 3.49. The van der Waals surface area contributed by atoms with Gasteiger partial charge in [-0.15, -0.1) is 0 Å². The van der Waals surface area contributed by atoms with Gasteiger partial charge in [0.05, 0.1) is 18.3 Å². The zero-order valence-corrected chi connectivity index (χ0v) is 14.0. The Bertz CT molecular complexity index is 854. The van der Waals surface area contributed by atoms with Crippen LogP contribution in [-0.4, -0.2) is 14.9 Å². The SMILES string of the molecule is Cc1ccc([C@H](O)Cn2nc(C3CC3)cc(C(F)(F)F)c2=O)cc1C. The molecule has 7 heteroatoms. The van der Waals surface area contributed by atoms with E-state index in [1.54, 1.807) is 12.1 Å². The minimum Gasteiger partial charge on any atom is -0.386 e. The van der Waals surface area contributed by atoms with Crippen molar-refractivity contribution in [3.8, 4) is 0 Å². The third kappa shape index (κ3) is 3.76. The molecule has 0 amide bonds. The number of aryl methyl sites for hydroxylation is 2. The lowest BCUT2D eigenvalue weighted by Gasteiger charge is -2.16. The van der Waals surface area contributed by atoms with Crippen LogP contribution in [0, 0.1) is 13.8 Å². The highest BCUT2D eigenvalue weighted by Gasteiger charge is 2.37. The molecule has 4 nitrogen and oxygen atoms in total. The molecule has 1 atom stereocenters. The molecule has 1 saturated carbocycles. The molecule has 0 spiro atoms. The first-order valence-electron chi connectivity index (χ1n) is 8.11. The van der Waals surface area contributed by atoms with Crippen molar-refractivity contribution in [1.29, 1.82) is 0 Å². The number of halogens is 3. The van der Waals surface area contributed by atoms with Crippen LogP contribution in [0.2, 0.25) is 0 Å². The van der Waals surface area contributed by atoms with Crippen molar-refractivity contribution in [2.75, 3.05) is 0 Å². The fraction of sp³-hybridized carbons (Fsp3) is 0.444. The highest BCUT2D eigenvalue weighted by molar-refractivity contribution is 5.31. The molecule has 1 aromatic heterocycles. The summed E-state index contributed by atoms with van der Waals surface area (Å²) < 4.78 is 40.2. The van der Waals surface area contributed by atoms with Gasteiger partial charge in [0.15, 0.2) is 0 Å². The van der Waals surface area contributed by atoms with Gasteiger partial charge in [-0.25, -0.2) is 4.68 Å². The molecule has 0 unspecified atom stereocenters. The molecule has 25 heavy (non-hydrogen) atoms. The average Bonchev–Trinajstić information content (AvgIpc) is 3.35. The molecular formula is C18H19F3N2O2. The van der Waals surface area contributed by atoms with Crippen molar-refractivity contribution < 1.29 is 18.3 Å². The second kappa shape index (κ2) is 6.29. The van der Waals surface area contributed by atoms with E-state index in [1.807, 2.05) is 19.9 Å². The molecular weight excluding hydrogens is 333 g/mol. The van der Waals surface area contributed by atoms with E-state index in [-0.39, 0.29) is 18.2 Å². The molecule has 1 aliphatic rings. The van der Waals surface area contributed by atoms with Crippen molar-refractivity contribution in [2.45, 2.75) is 51.4 Å². The number of alkyl halides is 3. The Hall–Kier alpha value is -2.15. The summed E-state index contributed by atoms with van der Waals surface area (Å²) in [5.74, 6) is -0.0355. The first kappa shape index (κ1) is 17.7. The van der Waals surface area contributed by atoms with Gasteiger partial charge in [-0.2, -0.15) is 18.3 Å². The maximum absolute atomic E-state index is 13.1. The molecule has 2 aromatic rings. The van der Waals surface area contributed by atoms with Crippen LogP contribution in [0.3, 0.4) is 0 Å². The summed E-state index contributed by atoms with van der Waals surface area (Å²) in [6.07, 6.45) is -4.32. The Kier molecular flexibility index (Phi) is 4.45. The Morgan fingerprint density at radius 1 is 1.24 bits per heavy atom. The molecule has 1 aromatic carbocycles. The van der Waals surface area contributed by atoms with Crippen LogP contribution in [0.25, 0.3) is 0 Å². The second-order valence-electron chi connectivity index (χ2n) is 6.60. The highest BCUT2D eigenvalue weighted by Crippen LogP contribution is 2.40. The third-order valence-electron chi connectivity index (χ3n) is 4.56. The number of aromatic nitrogens is 2. The van der Waals surface area contributed by atoms with Gasteiger partial charge in [-0.3, -0.25) is 4.79 Å². The molecule has 0 aliphatic heterocycles. The van der Waals surface area contributed by atoms with E-state index in [0.717, 1.165) is 34.7 Å². The lowest BCUT2D eigenvalue weighted by Crippen LogP contribution is -2.33. The first-order valence-corrected chi connectivity index (χ1v) is 8.11. The van der Waals surface area contributed by atoms with Crippen LogP contribution in [0.15, 0.2) is 29.1 Å². The van der Waals surface area contributed by atoms with Gasteiger partial charge in [0.25, 0.3) is 5.56 Å². The number of benzene rings is 1. The van der Waals surface area contributed by atoms with Gasteiger partial charge in [-0.05, 0) is 49.4 Å². The first-order chi connectivity index (χ1) is 11.7. The molecule has 0 radical (unpaired) electrons. The Morgan fingerprint density at radius 2 is 1.92 bits per heavy atom. The highest BCUT2D eigenvalue weighted by atomic mass is 19.4. The lowest BCUT2D eigenvalue weighted by molar-refractivity contribution is -0.139. The third-order valence-corrected chi connectivity index (χ3v) is 4.56. The molecule has 0 saturated heterocycles. The fourth-order valence-electron chi connectivity index (χ4n) is 2.71. The van der Waals surface area contributed by atoms with Crippen LogP contribution in [0.5, 0.6) is 0 Å². The molecule has 0 bridgehead atoms. The molecule has 1 N–H and O–H groups in total. The summed E-state index contributed by atoms with van der Waals surface area (Å²) in [4.78, 5) is 12.2. The molecule has 3 rings (SSSR count). The van der Waals surface area contributed by atoms with Gasteiger partial charge < -0.3 is 5.11 Å². The fourth-order valence-corrected chi connectivity index (χ4v) is 2.71. The van der Waals surface area contributed by atoms with E-state index < -0.39 is 23.4 Å². The second-order valence-corrected chi connectivity index (χ2v) is 6.60. The Morgan fingerprint density at radius 3 is 2.48 bits per heavy atom. The molecule has 1 heterocycles. The summed E-state index contributed by atoms with van der Waals surface area (Å²) in [7, 11) is 0. The maximum atomic E-state index is 13.1. The smallest absolute Gasteiger partial charge is 0.386 e. The standard InChI is InChI=1S/C18H19F3N2O2/c1-10-3-4-13(7-11(10)2)16(24)9-23-17(25)14(18(19,20)21)8-15(22-23)12-5-6-12/h3-4,7-8,12,16,24H,5-6,9H2,1-2H3/t16-/m1/s1. The van der Waals surface area contributed by atoms with E-state index in [2.05, 4.69) is 5.10 Å². The Balaban J connectivity index is 1.97. The van der Waals surface area contributed by atoms with Crippen LogP contribution in [0.4, 0.5) is 13.2 Å². The molecule has 134 valence electrons. The monoisotopic (exact) mass is 352 g/mol. The van der Waals surface area contributed by atoms with E-state index >= 15 is 0 Å². The molecule has 1 aliphatic carbocycles. The number of aliphatic hydroxyl groups is 1. The minimum absolute atomic E-state index is 0.0355. The minimum atomic E-state index is -4.74. The lowest BCUT2D eigenvalue weighted by atomic mass is 10.0. The quantitative estimate of drug-likeness (QED) is 0.916. The number of hydrogen-bond acceptors (Lipinski definition) is 3. The number of rotatable bonds is 4. The summed E-state index contributed by atoms with van der Waals surface area (Å²) >= 11 is 0. The van der Waals surface area contributed by atoms with Gasteiger partial charge in [-0.1, -0.05) is 18.2 Å². The normalized spacial score (nSPS) is 16.1. The van der Waals surface area contributed by atoms with Gasteiger partial charge in [0.2, 0.25) is 0 Å². The summed E-state index contributed by atoms with van der Waals surface area (Å²) in [5.41, 5.74) is 0.360. The van der Waals surface area contributed by atoms with Gasteiger partial charge in [0.1, 0.15) is 5.56 Å². The van der Waals surface area contributed by atoms with Crippen molar-refractivity contribution >= 4 is 0 Å². The Labute approximate surface area is 142 Å². The van der Waals surface area contributed by atoms with Crippen molar-refractivity contribution in [3.05, 3.63) is 62.6 Å². The zero-order chi connectivity index (χ0) is 18.4. The number of aliphatic hydroxyl groups excluding tert-OH is 1. The zero-order valence-electron chi connectivity index (χ0n) is 14.0. The average molecular weight is 352 g/mol. The van der Waals surface area contributed by atoms with Crippen LogP contribution in [0.1, 0.15) is 52.8 Å².